The molecule has 0 atom stereocenters. The van der Waals surface area contributed by atoms with Crippen molar-refractivity contribution in [3.63, 3.8) is 0 Å². The molecule has 0 fully saturated rings. The number of rotatable bonds is 2. The zero-order valence-electron chi connectivity index (χ0n) is 8.84. The standard InChI is InChI=1S/C10H9F3N4/c1-14-8-5-7(6-3-2-4-15-6)16-9(17-8)10(11,12)13/h2-5,15H,1H3,(H,14,16,17). The lowest BCUT2D eigenvalue weighted by Crippen LogP contribution is -2.13. The fourth-order valence-electron chi connectivity index (χ4n) is 1.33. The maximum atomic E-state index is 12.6. The Morgan fingerprint density at radius 2 is 2.06 bits per heavy atom. The van der Waals surface area contributed by atoms with E-state index in [1.54, 1.807) is 18.3 Å². The minimum Gasteiger partial charge on any atom is -0.373 e. The van der Waals surface area contributed by atoms with Crippen LogP contribution in [0.2, 0.25) is 0 Å². The highest BCUT2D eigenvalue weighted by molar-refractivity contribution is 5.58. The lowest BCUT2D eigenvalue weighted by molar-refractivity contribution is -0.144. The molecule has 0 spiro atoms. The van der Waals surface area contributed by atoms with Crippen molar-refractivity contribution in [2.45, 2.75) is 6.18 Å². The summed E-state index contributed by atoms with van der Waals surface area (Å²) in [4.78, 5) is 9.66. The summed E-state index contributed by atoms with van der Waals surface area (Å²) in [6.45, 7) is 0. The minimum atomic E-state index is -4.56. The SMILES string of the molecule is CNc1cc(-c2ccc[nH]2)nc(C(F)(F)F)n1. The summed E-state index contributed by atoms with van der Waals surface area (Å²) in [5, 5.41) is 2.58. The van der Waals surface area contributed by atoms with Gasteiger partial charge in [-0.3, -0.25) is 0 Å². The van der Waals surface area contributed by atoms with Crippen LogP contribution in [-0.2, 0) is 6.18 Å². The molecule has 4 nitrogen and oxygen atoms in total. The fraction of sp³-hybridized carbons (Fsp3) is 0.200. The maximum Gasteiger partial charge on any atom is 0.451 e. The van der Waals surface area contributed by atoms with Crippen LogP contribution in [0.1, 0.15) is 5.82 Å². The van der Waals surface area contributed by atoms with Crippen LogP contribution in [-0.4, -0.2) is 22.0 Å². The van der Waals surface area contributed by atoms with Crippen LogP contribution in [0.25, 0.3) is 11.4 Å². The number of hydrogen-bond donors (Lipinski definition) is 2. The van der Waals surface area contributed by atoms with Crippen LogP contribution < -0.4 is 5.32 Å². The highest BCUT2D eigenvalue weighted by Crippen LogP contribution is 2.29. The molecule has 2 N–H and O–H groups in total. The number of H-pyrrole nitrogens is 1. The Balaban J connectivity index is 2.54. The second-order valence-corrected chi connectivity index (χ2v) is 3.29. The van der Waals surface area contributed by atoms with E-state index < -0.39 is 12.0 Å². The van der Waals surface area contributed by atoms with Crippen LogP contribution in [0.15, 0.2) is 24.4 Å². The van der Waals surface area contributed by atoms with Gasteiger partial charge in [0.15, 0.2) is 0 Å². The molecule has 0 aromatic carbocycles. The summed E-state index contributed by atoms with van der Waals surface area (Å²) in [5.74, 6) is -1.04. The number of nitrogens with zero attached hydrogens (tertiary/aromatic N) is 2. The number of alkyl halides is 3. The first kappa shape index (κ1) is 11.4. The van der Waals surface area contributed by atoms with Crippen molar-refractivity contribution >= 4 is 5.82 Å². The van der Waals surface area contributed by atoms with Crippen molar-refractivity contribution in [1.29, 1.82) is 0 Å². The normalized spacial score (nSPS) is 11.5. The molecule has 0 unspecified atom stereocenters. The number of aromatic amines is 1. The smallest absolute Gasteiger partial charge is 0.373 e. The molecule has 2 aromatic rings. The molecule has 90 valence electrons. The van der Waals surface area contributed by atoms with Crippen molar-refractivity contribution in [3.05, 3.63) is 30.2 Å². The van der Waals surface area contributed by atoms with Gasteiger partial charge in [-0.15, -0.1) is 0 Å². The summed E-state index contributed by atoms with van der Waals surface area (Å²) >= 11 is 0. The Bertz CT molecular complexity index is 505. The highest BCUT2D eigenvalue weighted by atomic mass is 19.4. The molecule has 0 bridgehead atoms. The van der Waals surface area contributed by atoms with E-state index in [4.69, 9.17) is 0 Å². The van der Waals surface area contributed by atoms with Crippen molar-refractivity contribution < 1.29 is 13.2 Å². The van der Waals surface area contributed by atoms with Crippen LogP contribution in [0.4, 0.5) is 19.0 Å². The van der Waals surface area contributed by atoms with Crippen LogP contribution in [0.3, 0.4) is 0 Å². The van der Waals surface area contributed by atoms with E-state index in [1.807, 2.05) is 0 Å². The lowest BCUT2D eigenvalue weighted by atomic mass is 10.3. The molecule has 0 aliphatic rings. The van der Waals surface area contributed by atoms with E-state index in [0.717, 1.165) is 0 Å². The van der Waals surface area contributed by atoms with Gasteiger partial charge in [0, 0.05) is 19.3 Å². The topological polar surface area (TPSA) is 53.6 Å². The zero-order chi connectivity index (χ0) is 12.5. The largest absolute Gasteiger partial charge is 0.451 e. The molecule has 2 heterocycles. The Hall–Kier alpha value is -2.05. The average Bonchev–Trinajstić information content (AvgIpc) is 2.80. The average molecular weight is 242 g/mol. The van der Waals surface area contributed by atoms with Gasteiger partial charge in [-0.2, -0.15) is 13.2 Å². The predicted molar refractivity (Wildman–Crippen MR) is 56.4 cm³/mol. The van der Waals surface area contributed by atoms with Crippen molar-refractivity contribution in [3.8, 4) is 11.4 Å². The molecule has 0 saturated heterocycles. The molecule has 7 heteroatoms. The first-order valence-corrected chi connectivity index (χ1v) is 4.78. The Morgan fingerprint density at radius 1 is 1.29 bits per heavy atom. The van der Waals surface area contributed by atoms with Gasteiger partial charge in [0.1, 0.15) is 5.82 Å². The van der Waals surface area contributed by atoms with Gasteiger partial charge in [-0.05, 0) is 12.1 Å². The summed E-state index contributed by atoms with van der Waals surface area (Å²) < 4.78 is 37.7. The quantitative estimate of drug-likeness (QED) is 0.850. The van der Waals surface area contributed by atoms with Gasteiger partial charge < -0.3 is 10.3 Å². The third-order valence-corrected chi connectivity index (χ3v) is 2.11. The van der Waals surface area contributed by atoms with Crippen molar-refractivity contribution in [2.24, 2.45) is 0 Å². The van der Waals surface area contributed by atoms with Crippen molar-refractivity contribution in [1.82, 2.24) is 15.0 Å². The van der Waals surface area contributed by atoms with Gasteiger partial charge in [-0.1, -0.05) is 0 Å². The third-order valence-electron chi connectivity index (χ3n) is 2.11. The number of hydrogen-bond acceptors (Lipinski definition) is 3. The van der Waals surface area contributed by atoms with E-state index in [0.29, 0.717) is 5.69 Å². The molecule has 0 amide bonds. The second kappa shape index (κ2) is 4.08. The van der Waals surface area contributed by atoms with Crippen LogP contribution in [0.5, 0.6) is 0 Å². The monoisotopic (exact) mass is 242 g/mol. The zero-order valence-corrected chi connectivity index (χ0v) is 8.84. The third kappa shape index (κ3) is 2.38. The molecular weight excluding hydrogens is 233 g/mol. The van der Waals surface area contributed by atoms with Crippen LogP contribution in [0, 0.1) is 0 Å². The highest BCUT2D eigenvalue weighted by Gasteiger charge is 2.35. The maximum absolute atomic E-state index is 12.6. The number of aromatic nitrogens is 3. The number of nitrogens with one attached hydrogen (secondary N) is 2. The molecule has 2 rings (SSSR count). The van der Waals surface area contributed by atoms with E-state index in [9.17, 15) is 13.2 Å². The van der Waals surface area contributed by atoms with Gasteiger partial charge in [0.25, 0.3) is 0 Å². The van der Waals surface area contributed by atoms with E-state index in [-0.39, 0.29) is 11.5 Å². The van der Waals surface area contributed by atoms with Crippen molar-refractivity contribution in [2.75, 3.05) is 12.4 Å². The predicted octanol–water partition coefficient (Wildman–Crippen LogP) is 2.53. The first-order chi connectivity index (χ1) is 8.00. The molecule has 0 saturated carbocycles. The minimum absolute atomic E-state index is 0.122. The molecule has 17 heavy (non-hydrogen) atoms. The van der Waals surface area contributed by atoms with E-state index in [2.05, 4.69) is 20.3 Å². The Morgan fingerprint density at radius 3 is 2.59 bits per heavy atom. The molecule has 2 aromatic heterocycles. The molecular formula is C10H9F3N4. The fourth-order valence-corrected chi connectivity index (χ4v) is 1.33. The summed E-state index contributed by atoms with van der Waals surface area (Å²) in [5.41, 5.74) is 0.705. The summed E-state index contributed by atoms with van der Waals surface area (Å²) in [6.07, 6.45) is -2.95. The second-order valence-electron chi connectivity index (χ2n) is 3.29. The molecule has 0 aliphatic carbocycles. The van der Waals surface area contributed by atoms with E-state index in [1.165, 1.54) is 13.1 Å². The lowest BCUT2D eigenvalue weighted by Gasteiger charge is -2.09. The number of anilines is 1. The Labute approximate surface area is 94.9 Å². The van der Waals surface area contributed by atoms with Gasteiger partial charge in [0.2, 0.25) is 5.82 Å². The van der Waals surface area contributed by atoms with E-state index >= 15 is 0 Å². The summed E-state index contributed by atoms with van der Waals surface area (Å²) in [7, 11) is 1.50. The Kier molecular flexibility index (Phi) is 2.74. The van der Waals surface area contributed by atoms with Gasteiger partial charge >= 0.3 is 6.18 Å². The number of halogens is 3. The molecule has 0 radical (unpaired) electrons. The van der Waals surface area contributed by atoms with Crippen LogP contribution >= 0.6 is 0 Å². The first-order valence-electron chi connectivity index (χ1n) is 4.78. The van der Waals surface area contributed by atoms with Gasteiger partial charge in [0.05, 0.1) is 11.4 Å². The molecule has 0 aliphatic heterocycles. The summed E-state index contributed by atoms with van der Waals surface area (Å²) in [6, 6.07) is 4.77. The van der Waals surface area contributed by atoms with Gasteiger partial charge in [-0.25, -0.2) is 9.97 Å².